The predicted octanol–water partition coefficient (Wildman–Crippen LogP) is 4.61. The van der Waals surface area contributed by atoms with Crippen LogP contribution in [0.3, 0.4) is 0 Å². The van der Waals surface area contributed by atoms with Gasteiger partial charge in [-0.25, -0.2) is 8.42 Å². The average Bonchev–Trinajstić information content (AvgIpc) is 3.05. The lowest BCUT2D eigenvalue weighted by molar-refractivity contribution is -0.115. The van der Waals surface area contributed by atoms with E-state index in [9.17, 15) is 13.2 Å². The van der Waals surface area contributed by atoms with Crippen LogP contribution in [0.4, 0.5) is 5.69 Å². The number of hydrogen-bond donors (Lipinski definition) is 1. The molecule has 3 rings (SSSR count). The summed E-state index contributed by atoms with van der Waals surface area (Å²) in [7, 11) is -3.65. The van der Waals surface area contributed by atoms with Gasteiger partial charge in [-0.2, -0.15) is 4.31 Å². The van der Waals surface area contributed by atoms with Crippen LogP contribution in [0.15, 0.2) is 52.0 Å². The molecule has 0 atom stereocenters. The molecule has 0 unspecified atom stereocenters. The molecule has 0 radical (unpaired) electrons. The second-order valence-corrected chi connectivity index (χ2v) is 9.06. The molecule has 0 spiro atoms. The van der Waals surface area contributed by atoms with Crippen molar-refractivity contribution in [1.29, 1.82) is 0 Å². The zero-order valence-corrected chi connectivity index (χ0v) is 18.1. The van der Waals surface area contributed by atoms with E-state index >= 15 is 0 Å². The highest BCUT2D eigenvalue weighted by atomic mass is 35.5. The first-order valence-corrected chi connectivity index (χ1v) is 11.1. The van der Waals surface area contributed by atoms with E-state index in [4.69, 9.17) is 16.0 Å². The van der Waals surface area contributed by atoms with Gasteiger partial charge in [0.1, 0.15) is 5.58 Å². The largest absolute Gasteiger partial charge is 0.464 e. The molecule has 0 aliphatic rings. The van der Waals surface area contributed by atoms with Crippen molar-refractivity contribution in [3.63, 3.8) is 0 Å². The van der Waals surface area contributed by atoms with Crippen LogP contribution in [-0.2, 0) is 21.2 Å². The Hall–Kier alpha value is -2.35. The minimum atomic E-state index is -3.65. The van der Waals surface area contributed by atoms with Crippen molar-refractivity contribution in [2.24, 2.45) is 0 Å². The number of carbonyl (C=O) groups excluding carboxylic acids is 1. The summed E-state index contributed by atoms with van der Waals surface area (Å²) < 4.78 is 32.3. The van der Waals surface area contributed by atoms with Gasteiger partial charge in [-0.1, -0.05) is 37.6 Å². The van der Waals surface area contributed by atoms with Crippen molar-refractivity contribution in [2.75, 3.05) is 18.4 Å². The van der Waals surface area contributed by atoms with Gasteiger partial charge < -0.3 is 9.73 Å². The molecule has 2 aromatic carbocycles. The van der Waals surface area contributed by atoms with Crippen LogP contribution in [0.25, 0.3) is 11.0 Å². The number of rotatable bonds is 7. The molecule has 1 heterocycles. The fourth-order valence-electron chi connectivity index (χ4n) is 3.17. The second kappa shape index (κ2) is 8.57. The summed E-state index contributed by atoms with van der Waals surface area (Å²) in [5.41, 5.74) is 2.80. The van der Waals surface area contributed by atoms with E-state index in [0.29, 0.717) is 13.1 Å². The van der Waals surface area contributed by atoms with Crippen LogP contribution in [0.1, 0.15) is 25.0 Å². The van der Waals surface area contributed by atoms with Crippen molar-refractivity contribution in [3.8, 4) is 0 Å². The zero-order chi connectivity index (χ0) is 21.2. The third kappa shape index (κ3) is 4.47. The Kier molecular flexibility index (Phi) is 6.31. The number of hydrogen-bond acceptors (Lipinski definition) is 4. The van der Waals surface area contributed by atoms with Crippen LogP contribution in [0.2, 0.25) is 5.02 Å². The van der Waals surface area contributed by atoms with E-state index in [1.807, 2.05) is 25.1 Å². The van der Waals surface area contributed by atoms with Crippen molar-refractivity contribution in [1.82, 2.24) is 4.31 Å². The number of carbonyl (C=O) groups is 1. The molecule has 0 saturated carbocycles. The van der Waals surface area contributed by atoms with E-state index in [0.717, 1.165) is 22.1 Å². The maximum atomic E-state index is 12.7. The number of nitrogens with zero attached hydrogens (tertiary/aromatic N) is 1. The van der Waals surface area contributed by atoms with E-state index in [-0.39, 0.29) is 27.9 Å². The number of nitrogens with one attached hydrogen (secondary N) is 1. The van der Waals surface area contributed by atoms with Gasteiger partial charge >= 0.3 is 0 Å². The Balaban J connectivity index is 1.83. The minimum absolute atomic E-state index is 0.0828. The summed E-state index contributed by atoms with van der Waals surface area (Å²) in [6.45, 7) is 6.23. The highest BCUT2D eigenvalue weighted by Gasteiger charge is 2.23. The molecule has 8 heteroatoms. The van der Waals surface area contributed by atoms with Crippen LogP contribution < -0.4 is 5.32 Å². The van der Waals surface area contributed by atoms with Gasteiger partial charge in [-0.15, -0.1) is 0 Å². The van der Waals surface area contributed by atoms with Crippen molar-refractivity contribution < 1.29 is 17.6 Å². The van der Waals surface area contributed by atoms with Crippen LogP contribution >= 0.6 is 11.6 Å². The summed E-state index contributed by atoms with van der Waals surface area (Å²) >= 11 is 6.19. The second-order valence-electron chi connectivity index (χ2n) is 6.72. The number of aryl methyl sites for hydroxylation is 1. The maximum Gasteiger partial charge on any atom is 0.243 e. The molecule has 3 aromatic rings. The molecule has 1 N–H and O–H groups in total. The van der Waals surface area contributed by atoms with Crippen LogP contribution in [0, 0.1) is 6.92 Å². The Morgan fingerprint density at radius 1 is 1.14 bits per heavy atom. The minimum Gasteiger partial charge on any atom is -0.464 e. The molecule has 1 amide bonds. The number of anilines is 1. The highest BCUT2D eigenvalue weighted by Crippen LogP contribution is 2.28. The van der Waals surface area contributed by atoms with Crippen LogP contribution in [-0.4, -0.2) is 31.7 Å². The molecular formula is C21H23ClN2O4S. The first-order chi connectivity index (χ1) is 13.8. The van der Waals surface area contributed by atoms with Crippen molar-refractivity contribution in [2.45, 2.75) is 32.1 Å². The summed E-state index contributed by atoms with van der Waals surface area (Å²) in [4.78, 5) is 12.7. The third-order valence-corrected chi connectivity index (χ3v) is 7.09. The molecule has 0 aliphatic heterocycles. The number of halogens is 1. The normalized spacial score (nSPS) is 11.9. The van der Waals surface area contributed by atoms with Gasteiger partial charge in [0.15, 0.2) is 0 Å². The molecule has 0 bridgehead atoms. The first kappa shape index (κ1) is 21.4. The van der Waals surface area contributed by atoms with Gasteiger partial charge in [0.25, 0.3) is 0 Å². The van der Waals surface area contributed by atoms with Gasteiger partial charge in [0.2, 0.25) is 15.9 Å². The topological polar surface area (TPSA) is 79.6 Å². The van der Waals surface area contributed by atoms with Crippen molar-refractivity contribution >= 4 is 44.2 Å². The van der Waals surface area contributed by atoms with E-state index in [1.165, 1.54) is 22.5 Å². The summed E-state index contributed by atoms with van der Waals surface area (Å²) in [6.07, 6.45) is 1.64. The maximum absolute atomic E-state index is 12.7. The molecule has 29 heavy (non-hydrogen) atoms. The Morgan fingerprint density at radius 2 is 1.86 bits per heavy atom. The smallest absolute Gasteiger partial charge is 0.243 e. The molecule has 0 fully saturated rings. The van der Waals surface area contributed by atoms with E-state index in [1.54, 1.807) is 20.1 Å². The molecule has 0 aliphatic carbocycles. The Labute approximate surface area is 175 Å². The fourth-order valence-corrected chi connectivity index (χ4v) is 4.82. The molecule has 1 aromatic heterocycles. The number of amides is 1. The summed E-state index contributed by atoms with van der Waals surface area (Å²) in [5, 5.41) is 3.85. The van der Waals surface area contributed by atoms with Gasteiger partial charge in [-0.3, -0.25) is 4.79 Å². The van der Waals surface area contributed by atoms with Gasteiger partial charge in [0, 0.05) is 24.0 Å². The number of sulfonamides is 1. The molecule has 6 nitrogen and oxygen atoms in total. The fraction of sp³-hybridized carbons (Fsp3) is 0.286. The lowest BCUT2D eigenvalue weighted by Gasteiger charge is -2.19. The summed E-state index contributed by atoms with van der Waals surface area (Å²) in [5.74, 6) is -0.312. The molecule has 0 saturated heterocycles. The number of furan rings is 1. The Morgan fingerprint density at radius 3 is 2.55 bits per heavy atom. The van der Waals surface area contributed by atoms with Crippen LogP contribution in [0.5, 0.6) is 0 Å². The number of fused-ring (bicyclic) bond motifs is 1. The Bertz CT molecular complexity index is 1150. The standard InChI is InChI=1S/C21H23ClN2O4S/c1-4-24(5-2)29(26,27)16-7-9-18(22)19(12-16)23-21(25)11-15-13-28-20-10-14(3)6-8-17(15)20/h6-10,12-13H,4-5,11H2,1-3H3,(H,23,25). The van der Waals surface area contributed by atoms with E-state index in [2.05, 4.69) is 5.32 Å². The molecule has 154 valence electrons. The lowest BCUT2D eigenvalue weighted by Crippen LogP contribution is -2.30. The molecular weight excluding hydrogens is 412 g/mol. The first-order valence-electron chi connectivity index (χ1n) is 9.32. The predicted molar refractivity (Wildman–Crippen MR) is 115 cm³/mol. The average molecular weight is 435 g/mol. The quantitative estimate of drug-likeness (QED) is 0.589. The summed E-state index contributed by atoms with van der Waals surface area (Å²) in [6, 6.07) is 10.1. The van der Waals surface area contributed by atoms with Crippen molar-refractivity contribution in [3.05, 3.63) is 58.8 Å². The zero-order valence-electron chi connectivity index (χ0n) is 16.5. The SMILES string of the molecule is CCN(CC)S(=O)(=O)c1ccc(Cl)c(NC(=O)Cc2coc3cc(C)ccc23)c1. The third-order valence-electron chi connectivity index (χ3n) is 4.72. The number of benzene rings is 2. The van der Waals surface area contributed by atoms with E-state index < -0.39 is 10.0 Å². The van der Waals surface area contributed by atoms with Gasteiger partial charge in [0.05, 0.1) is 28.3 Å². The lowest BCUT2D eigenvalue weighted by atomic mass is 10.1. The van der Waals surface area contributed by atoms with Gasteiger partial charge in [-0.05, 0) is 36.8 Å². The highest BCUT2D eigenvalue weighted by molar-refractivity contribution is 7.89. The monoisotopic (exact) mass is 434 g/mol.